The average molecular weight is 281 g/mol. The summed E-state index contributed by atoms with van der Waals surface area (Å²) < 4.78 is 5.12. The van der Waals surface area contributed by atoms with Crippen LogP contribution in [-0.2, 0) is 6.54 Å². The Bertz CT molecular complexity index is 557. The van der Waals surface area contributed by atoms with Gasteiger partial charge in [-0.3, -0.25) is 4.79 Å². The average Bonchev–Trinajstić information content (AvgIpc) is 2.91. The van der Waals surface area contributed by atoms with Gasteiger partial charge in [0, 0.05) is 11.6 Å². The number of nitrogens with one attached hydrogen (secondary N) is 1. The van der Waals surface area contributed by atoms with Gasteiger partial charge >= 0.3 is 0 Å². The molecule has 0 spiro atoms. The van der Waals surface area contributed by atoms with Crippen molar-refractivity contribution in [1.82, 2.24) is 20.3 Å². The molecule has 0 bridgehead atoms. The van der Waals surface area contributed by atoms with E-state index in [9.17, 15) is 4.79 Å². The lowest BCUT2D eigenvalue weighted by atomic mass is 10.2. The monoisotopic (exact) mass is 280 g/mol. The van der Waals surface area contributed by atoms with Crippen molar-refractivity contribution in [2.24, 2.45) is 0 Å². The third-order valence-electron chi connectivity index (χ3n) is 2.47. The zero-order valence-corrected chi connectivity index (χ0v) is 11.1. The van der Waals surface area contributed by atoms with Crippen LogP contribution in [0.5, 0.6) is 5.75 Å². The second-order valence-electron chi connectivity index (χ2n) is 3.73. The number of hydrogen-bond acceptors (Lipinski definition) is 4. The Hall–Kier alpha value is -2.08. The number of methoxy groups -OCH3 is 1. The highest BCUT2D eigenvalue weighted by atomic mass is 35.5. The molecule has 7 heteroatoms. The fraction of sp³-hybridized carbons (Fsp3) is 0.250. The molecule has 1 aromatic heterocycles. The van der Waals surface area contributed by atoms with E-state index in [1.807, 2.05) is 0 Å². The van der Waals surface area contributed by atoms with Gasteiger partial charge in [-0.2, -0.15) is 15.0 Å². The number of nitrogens with zero attached hydrogens (tertiary/aromatic N) is 3. The van der Waals surface area contributed by atoms with Crippen LogP contribution in [0.4, 0.5) is 0 Å². The second kappa shape index (κ2) is 6.19. The number of halogens is 1. The van der Waals surface area contributed by atoms with Gasteiger partial charge in [-0.1, -0.05) is 11.6 Å². The van der Waals surface area contributed by atoms with E-state index >= 15 is 0 Å². The zero-order chi connectivity index (χ0) is 13.7. The summed E-state index contributed by atoms with van der Waals surface area (Å²) in [7, 11) is 1.51. The molecule has 0 saturated carbocycles. The van der Waals surface area contributed by atoms with Crippen molar-refractivity contribution in [2.75, 3.05) is 13.7 Å². The van der Waals surface area contributed by atoms with Crippen molar-refractivity contribution >= 4 is 17.5 Å². The molecule has 0 aliphatic rings. The molecule has 6 nitrogen and oxygen atoms in total. The first-order chi connectivity index (χ1) is 9.20. The summed E-state index contributed by atoms with van der Waals surface area (Å²) in [5.41, 5.74) is 0.406. The Balaban J connectivity index is 1.97. The van der Waals surface area contributed by atoms with Crippen LogP contribution in [-0.4, -0.2) is 34.6 Å². The number of rotatable bonds is 5. The molecule has 0 atom stereocenters. The fourth-order valence-electron chi connectivity index (χ4n) is 1.58. The standard InChI is InChI=1S/C12H13ClN4O2/c1-19-11-3-2-9(13)8-10(11)12(18)14-6-7-17-15-4-5-16-17/h2-5,8H,6-7H2,1H3,(H,14,18). The molecule has 0 aliphatic carbocycles. The SMILES string of the molecule is COc1ccc(Cl)cc1C(=O)NCCn1nccn1. The summed E-state index contributed by atoms with van der Waals surface area (Å²) in [6, 6.07) is 4.90. The maximum Gasteiger partial charge on any atom is 0.255 e. The summed E-state index contributed by atoms with van der Waals surface area (Å²) in [6.07, 6.45) is 3.17. The first-order valence-electron chi connectivity index (χ1n) is 5.66. The van der Waals surface area contributed by atoms with Crippen LogP contribution < -0.4 is 10.1 Å². The van der Waals surface area contributed by atoms with E-state index in [4.69, 9.17) is 16.3 Å². The first kappa shape index (κ1) is 13.4. The topological polar surface area (TPSA) is 69.0 Å². The number of carbonyl (C=O) groups is 1. The minimum Gasteiger partial charge on any atom is -0.496 e. The summed E-state index contributed by atoms with van der Waals surface area (Å²) in [5.74, 6) is 0.241. The van der Waals surface area contributed by atoms with Crippen molar-refractivity contribution in [2.45, 2.75) is 6.54 Å². The molecule has 2 rings (SSSR count). The Kier molecular flexibility index (Phi) is 4.35. The van der Waals surface area contributed by atoms with Crippen molar-refractivity contribution in [1.29, 1.82) is 0 Å². The van der Waals surface area contributed by atoms with Crippen LogP contribution in [0, 0.1) is 0 Å². The molecule has 0 aliphatic heterocycles. The molecule has 2 aromatic rings. The number of ether oxygens (including phenoxy) is 1. The predicted octanol–water partition coefficient (Wildman–Crippen LogP) is 1.37. The van der Waals surface area contributed by atoms with Crippen molar-refractivity contribution in [3.63, 3.8) is 0 Å². The maximum absolute atomic E-state index is 12.0. The first-order valence-corrected chi connectivity index (χ1v) is 6.04. The second-order valence-corrected chi connectivity index (χ2v) is 4.16. The number of hydrogen-bond donors (Lipinski definition) is 1. The third kappa shape index (κ3) is 3.45. The molecular weight excluding hydrogens is 268 g/mol. The van der Waals surface area contributed by atoms with E-state index < -0.39 is 0 Å². The largest absolute Gasteiger partial charge is 0.496 e. The maximum atomic E-state index is 12.0. The number of aromatic nitrogens is 3. The van der Waals surface area contributed by atoms with Crippen LogP contribution in [0.2, 0.25) is 5.02 Å². The summed E-state index contributed by atoms with van der Waals surface area (Å²) in [4.78, 5) is 13.5. The van der Waals surface area contributed by atoms with Crippen molar-refractivity contribution < 1.29 is 9.53 Å². The summed E-state index contributed by atoms with van der Waals surface area (Å²) in [6.45, 7) is 0.921. The number of carbonyl (C=O) groups excluding carboxylic acids is 1. The van der Waals surface area contributed by atoms with Crippen LogP contribution in [0.25, 0.3) is 0 Å². The van der Waals surface area contributed by atoms with Gasteiger partial charge in [-0.25, -0.2) is 0 Å². The number of benzene rings is 1. The van der Waals surface area contributed by atoms with Gasteiger partial charge in [0.2, 0.25) is 0 Å². The van der Waals surface area contributed by atoms with Gasteiger partial charge in [0.05, 0.1) is 31.6 Å². The minimum absolute atomic E-state index is 0.244. The summed E-state index contributed by atoms with van der Waals surface area (Å²) >= 11 is 5.87. The highest BCUT2D eigenvalue weighted by Crippen LogP contribution is 2.22. The van der Waals surface area contributed by atoms with E-state index in [1.165, 1.54) is 11.9 Å². The van der Waals surface area contributed by atoms with E-state index in [-0.39, 0.29) is 5.91 Å². The lowest BCUT2D eigenvalue weighted by Crippen LogP contribution is -2.28. The van der Waals surface area contributed by atoms with E-state index in [1.54, 1.807) is 30.6 Å². The Labute approximate surface area is 115 Å². The highest BCUT2D eigenvalue weighted by Gasteiger charge is 2.12. The molecule has 100 valence electrons. The van der Waals surface area contributed by atoms with Gasteiger partial charge < -0.3 is 10.1 Å². The molecule has 1 aromatic carbocycles. The van der Waals surface area contributed by atoms with Gasteiger partial charge in [-0.05, 0) is 18.2 Å². The molecule has 0 unspecified atom stereocenters. The fourth-order valence-corrected chi connectivity index (χ4v) is 1.75. The van der Waals surface area contributed by atoms with Gasteiger partial charge in [0.1, 0.15) is 5.75 Å². The lowest BCUT2D eigenvalue weighted by molar-refractivity contribution is 0.0948. The number of amides is 1. The smallest absolute Gasteiger partial charge is 0.255 e. The zero-order valence-electron chi connectivity index (χ0n) is 10.3. The van der Waals surface area contributed by atoms with Crippen LogP contribution >= 0.6 is 11.6 Å². The van der Waals surface area contributed by atoms with Crippen LogP contribution in [0.15, 0.2) is 30.6 Å². The quantitative estimate of drug-likeness (QED) is 0.898. The predicted molar refractivity (Wildman–Crippen MR) is 70.4 cm³/mol. The molecule has 1 N–H and O–H groups in total. The molecule has 0 radical (unpaired) electrons. The highest BCUT2D eigenvalue weighted by molar-refractivity contribution is 6.31. The minimum atomic E-state index is -0.244. The Morgan fingerprint density at radius 3 is 2.84 bits per heavy atom. The third-order valence-corrected chi connectivity index (χ3v) is 2.71. The van der Waals surface area contributed by atoms with Crippen molar-refractivity contribution in [3.8, 4) is 5.75 Å². The molecule has 1 amide bonds. The van der Waals surface area contributed by atoms with Crippen molar-refractivity contribution in [3.05, 3.63) is 41.2 Å². The normalized spacial score (nSPS) is 10.2. The van der Waals surface area contributed by atoms with Crippen LogP contribution in [0.3, 0.4) is 0 Å². The Morgan fingerprint density at radius 2 is 2.16 bits per heavy atom. The van der Waals surface area contributed by atoms with Gasteiger partial charge in [0.15, 0.2) is 0 Å². The molecular formula is C12H13ClN4O2. The van der Waals surface area contributed by atoms with Gasteiger partial charge in [-0.15, -0.1) is 0 Å². The molecule has 0 fully saturated rings. The van der Waals surface area contributed by atoms with E-state index in [0.717, 1.165) is 0 Å². The molecule has 1 heterocycles. The molecule has 19 heavy (non-hydrogen) atoms. The Morgan fingerprint density at radius 1 is 1.42 bits per heavy atom. The van der Waals surface area contributed by atoms with Crippen LogP contribution in [0.1, 0.15) is 10.4 Å². The molecule has 0 saturated heterocycles. The van der Waals surface area contributed by atoms with E-state index in [2.05, 4.69) is 15.5 Å². The van der Waals surface area contributed by atoms with E-state index in [0.29, 0.717) is 29.4 Å². The lowest BCUT2D eigenvalue weighted by Gasteiger charge is -2.09. The van der Waals surface area contributed by atoms with Gasteiger partial charge in [0.25, 0.3) is 5.91 Å². The summed E-state index contributed by atoms with van der Waals surface area (Å²) in [5, 5.41) is 11.1.